The third-order valence-corrected chi connectivity index (χ3v) is 8.58. The zero-order valence-corrected chi connectivity index (χ0v) is 16.1. The Balaban J connectivity index is 1.69. The number of ether oxygens (including phenoxy) is 1. The first-order valence-corrected chi connectivity index (χ1v) is 10.1. The molecule has 4 nitrogen and oxygen atoms in total. The minimum atomic E-state index is -0.964. The molecule has 0 N–H and O–H groups in total. The first-order valence-electron chi connectivity index (χ1n) is 10.1. The lowest BCUT2D eigenvalue weighted by Gasteiger charge is -2.58. The van der Waals surface area contributed by atoms with Crippen LogP contribution in [0, 0.1) is 39.9 Å². The number of rotatable bonds is 1. The van der Waals surface area contributed by atoms with Gasteiger partial charge in [0.1, 0.15) is 6.07 Å². The maximum atomic E-state index is 11.9. The molecule has 0 aliphatic heterocycles. The number of carbonyl (C=O) groups excluding carboxylic acids is 2. The Labute approximate surface area is 156 Å². The third kappa shape index (κ3) is 2.19. The van der Waals surface area contributed by atoms with Crippen LogP contribution in [0.3, 0.4) is 0 Å². The normalized spacial score (nSPS) is 47.1. The van der Waals surface area contributed by atoms with Crippen LogP contribution in [0.25, 0.3) is 0 Å². The number of hydrogen-bond acceptors (Lipinski definition) is 4. The van der Waals surface area contributed by atoms with Crippen LogP contribution in [0.5, 0.6) is 0 Å². The van der Waals surface area contributed by atoms with Gasteiger partial charge in [-0.2, -0.15) is 5.26 Å². The molecule has 6 atom stereocenters. The van der Waals surface area contributed by atoms with Crippen molar-refractivity contribution in [3.63, 3.8) is 0 Å². The molecule has 3 fully saturated rings. The average Bonchev–Trinajstić information content (AvgIpc) is 2.88. The fourth-order valence-corrected chi connectivity index (χ4v) is 7.18. The monoisotopic (exact) mass is 355 g/mol. The molecule has 0 amide bonds. The van der Waals surface area contributed by atoms with Crippen molar-refractivity contribution >= 4 is 11.8 Å². The summed E-state index contributed by atoms with van der Waals surface area (Å²) in [4.78, 5) is 23.6. The predicted octanol–water partition coefficient (Wildman–Crippen LogP) is 4.34. The summed E-state index contributed by atoms with van der Waals surface area (Å²) in [5.74, 6) is 1.52. The third-order valence-electron chi connectivity index (χ3n) is 8.58. The molecule has 4 aliphatic carbocycles. The Bertz CT molecular complexity index is 734. The van der Waals surface area contributed by atoms with Crippen molar-refractivity contribution in [3.8, 4) is 6.07 Å². The van der Waals surface area contributed by atoms with E-state index >= 15 is 0 Å². The molecule has 0 aromatic carbocycles. The van der Waals surface area contributed by atoms with E-state index in [0.29, 0.717) is 30.6 Å². The number of nitriles is 1. The highest BCUT2D eigenvalue weighted by Gasteiger charge is 2.66. The van der Waals surface area contributed by atoms with Gasteiger partial charge >= 0.3 is 5.97 Å². The summed E-state index contributed by atoms with van der Waals surface area (Å²) in [6.45, 7) is 5.97. The van der Waals surface area contributed by atoms with Crippen LogP contribution in [-0.4, -0.2) is 17.4 Å². The van der Waals surface area contributed by atoms with Crippen molar-refractivity contribution in [1.29, 1.82) is 5.26 Å². The summed E-state index contributed by atoms with van der Waals surface area (Å²) in [6.07, 6.45) is 9.28. The molecule has 3 saturated carbocycles. The minimum absolute atomic E-state index is 0.136. The topological polar surface area (TPSA) is 67.2 Å². The van der Waals surface area contributed by atoms with Crippen LogP contribution in [0.15, 0.2) is 11.6 Å². The SMILES string of the molecule is CC(=O)O[C@@]1(C#N)CC[C@H]2[C@H]3CCC4=CC(=O)CC[C@]4(C)[C@H]3CC[C@@]21C. The number of ketones is 1. The minimum Gasteiger partial charge on any atom is -0.443 e. The van der Waals surface area contributed by atoms with Crippen LogP contribution in [-0.2, 0) is 14.3 Å². The fraction of sp³-hybridized carbons (Fsp3) is 0.773. The van der Waals surface area contributed by atoms with Gasteiger partial charge in [-0.05, 0) is 67.8 Å². The summed E-state index contributed by atoms with van der Waals surface area (Å²) < 4.78 is 5.69. The smallest absolute Gasteiger partial charge is 0.304 e. The molecule has 0 heterocycles. The molecule has 4 aliphatic rings. The Kier molecular flexibility index (Phi) is 3.88. The van der Waals surface area contributed by atoms with Gasteiger partial charge in [0.15, 0.2) is 5.78 Å². The molecule has 140 valence electrons. The largest absolute Gasteiger partial charge is 0.443 e. The highest BCUT2D eigenvalue weighted by molar-refractivity contribution is 5.91. The van der Waals surface area contributed by atoms with Crippen LogP contribution < -0.4 is 0 Å². The highest BCUT2D eigenvalue weighted by Crippen LogP contribution is 2.68. The van der Waals surface area contributed by atoms with Gasteiger partial charge in [0.2, 0.25) is 5.60 Å². The summed E-state index contributed by atoms with van der Waals surface area (Å²) in [6, 6.07) is 2.42. The predicted molar refractivity (Wildman–Crippen MR) is 96.8 cm³/mol. The lowest BCUT2D eigenvalue weighted by atomic mass is 9.46. The van der Waals surface area contributed by atoms with E-state index in [-0.39, 0.29) is 22.6 Å². The Morgan fingerprint density at radius 1 is 1.15 bits per heavy atom. The summed E-state index contributed by atoms with van der Waals surface area (Å²) in [5.41, 5.74) is 0.283. The Morgan fingerprint density at radius 2 is 1.88 bits per heavy atom. The van der Waals surface area contributed by atoms with Crippen molar-refractivity contribution in [2.45, 2.75) is 77.7 Å². The van der Waals surface area contributed by atoms with Gasteiger partial charge in [-0.15, -0.1) is 0 Å². The molecule has 0 radical (unpaired) electrons. The lowest BCUT2D eigenvalue weighted by molar-refractivity contribution is -0.169. The number of fused-ring (bicyclic) bond motifs is 5. The molecule has 0 spiro atoms. The number of esters is 1. The van der Waals surface area contributed by atoms with Crippen molar-refractivity contribution in [2.24, 2.45) is 28.6 Å². The first-order chi connectivity index (χ1) is 12.3. The van der Waals surface area contributed by atoms with Crippen molar-refractivity contribution < 1.29 is 14.3 Å². The lowest BCUT2D eigenvalue weighted by Crippen LogP contribution is -2.55. The molecule has 4 rings (SSSR count). The van der Waals surface area contributed by atoms with Gasteiger partial charge in [0, 0.05) is 25.2 Å². The van der Waals surface area contributed by atoms with Gasteiger partial charge in [-0.3, -0.25) is 9.59 Å². The van der Waals surface area contributed by atoms with E-state index in [1.165, 1.54) is 12.5 Å². The molecule has 0 aromatic rings. The van der Waals surface area contributed by atoms with Gasteiger partial charge < -0.3 is 4.74 Å². The second-order valence-corrected chi connectivity index (χ2v) is 9.50. The molecular weight excluding hydrogens is 326 g/mol. The van der Waals surface area contributed by atoms with Gasteiger partial charge in [0.05, 0.1) is 0 Å². The van der Waals surface area contributed by atoms with Crippen molar-refractivity contribution in [2.75, 3.05) is 0 Å². The quantitative estimate of drug-likeness (QED) is 0.656. The maximum Gasteiger partial charge on any atom is 0.304 e. The summed E-state index contributed by atoms with van der Waals surface area (Å²) in [7, 11) is 0. The average molecular weight is 355 g/mol. The van der Waals surface area contributed by atoms with Crippen molar-refractivity contribution in [3.05, 3.63) is 11.6 Å². The molecule has 0 aromatic heterocycles. The van der Waals surface area contributed by atoms with E-state index in [2.05, 4.69) is 19.9 Å². The van der Waals surface area contributed by atoms with E-state index in [0.717, 1.165) is 38.5 Å². The Hall–Kier alpha value is -1.63. The highest BCUT2D eigenvalue weighted by atomic mass is 16.6. The molecular formula is C22H29NO3. The number of allylic oxidation sites excluding steroid dienone is 1. The molecule has 0 bridgehead atoms. The maximum absolute atomic E-state index is 11.9. The molecule has 0 unspecified atom stereocenters. The summed E-state index contributed by atoms with van der Waals surface area (Å²) in [5, 5.41) is 9.96. The number of nitrogens with zero attached hydrogens (tertiary/aromatic N) is 1. The van der Waals surface area contributed by atoms with Gasteiger partial charge in [0.25, 0.3) is 0 Å². The second-order valence-electron chi connectivity index (χ2n) is 9.50. The summed E-state index contributed by atoms with van der Waals surface area (Å²) >= 11 is 0. The second kappa shape index (κ2) is 5.68. The van der Waals surface area contributed by atoms with Gasteiger partial charge in [-0.1, -0.05) is 19.4 Å². The molecule has 26 heavy (non-hydrogen) atoms. The Morgan fingerprint density at radius 3 is 2.58 bits per heavy atom. The molecule has 0 saturated heterocycles. The van der Waals surface area contributed by atoms with E-state index in [9.17, 15) is 14.9 Å². The first kappa shape index (κ1) is 17.8. The van der Waals surface area contributed by atoms with Crippen LogP contribution in [0.1, 0.15) is 72.1 Å². The van der Waals surface area contributed by atoms with E-state index in [1.54, 1.807) is 0 Å². The number of hydrogen-bond donors (Lipinski definition) is 0. The zero-order chi connectivity index (χ0) is 18.7. The fourth-order valence-electron chi connectivity index (χ4n) is 7.18. The van der Waals surface area contributed by atoms with E-state index < -0.39 is 5.60 Å². The number of carbonyl (C=O) groups is 2. The zero-order valence-electron chi connectivity index (χ0n) is 16.1. The van der Waals surface area contributed by atoms with Crippen LogP contribution in [0.2, 0.25) is 0 Å². The van der Waals surface area contributed by atoms with E-state index in [4.69, 9.17) is 4.74 Å². The van der Waals surface area contributed by atoms with Crippen molar-refractivity contribution in [1.82, 2.24) is 0 Å². The molecule has 4 heteroatoms. The standard InChI is InChI=1S/C22H29NO3/c1-14(24)26-22(13-23)11-8-19-17-5-4-15-12-16(25)6-9-20(15,2)18(17)7-10-21(19,22)3/h12,17-19H,4-11H2,1-3H3/t17-,18-,19-,20-,21-,22+/m0/s1. The van der Waals surface area contributed by atoms with Crippen LogP contribution in [0.4, 0.5) is 0 Å². The van der Waals surface area contributed by atoms with Gasteiger partial charge in [-0.25, -0.2) is 0 Å². The van der Waals surface area contributed by atoms with E-state index in [1.807, 2.05) is 6.08 Å². The van der Waals surface area contributed by atoms with Crippen LogP contribution >= 0.6 is 0 Å².